The van der Waals surface area contributed by atoms with E-state index < -0.39 is 17.7 Å². The van der Waals surface area contributed by atoms with Crippen molar-refractivity contribution in [1.82, 2.24) is 4.98 Å². The molecule has 2 N–H and O–H groups in total. The van der Waals surface area contributed by atoms with Crippen LogP contribution in [0.2, 0.25) is 0 Å². The SMILES string of the molecule is CCCOC(=O)c1cc(C(=O)O)c2cc(Cc3ccc(F)cc3)cnc2c1O. The maximum atomic E-state index is 13.1. The van der Waals surface area contributed by atoms with Gasteiger partial charge in [-0.05, 0) is 48.2 Å². The summed E-state index contributed by atoms with van der Waals surface area (Å²) in [6.45, 7) is 1.98. The van der Waals surface area contributed by atoms with Crippen LogP contribution in [0.25, 0.3) is 10.9 Å². The molecule has 0 radical (unpaired) electrons. The fraction of sp³-hybridized carbons (Fsp3) is 0.190. The lowest BCUT2D eigenvalue weighted by molar-refractivity contribution is 0.0502. The lowest BCUT2D eigenvalue weighted by Gasteiger charge is -2.11. The first kappa shape index (κ1) is 19.3. The van der Waals surface area contributed by atoms with Crippen LogP contribution < -0.4 is 0 Å². The molecule has 6 nitrogen and oxygen atoms in total. The van der Waals surface area contributed by atoms with Gasteiger partial charge in [0, 0.05) is 11.6 Å². The molecule has 0 unspecified atom stereocenters. The van der Waals surface area contributed by atoms with Crippen LogP contribution in [0.5, 0.6) is 5.75 Å². The molecule has 1 aromatic heterocycles. The average Bonchev–Trinajstić information content (AvgIpc) is 2.68. The number of esters is 1. The Morgan fingerprint density at radius 2 is 1.82 bits per heavy atom. The number of phenolic OH excluding ortho intramolecular Hbond substituents is 1. The van der Waals surface area contributed by atoms with Gasteiger partial charge in [-0.3, -0.25) is 4.98 Å². The summed E-state index contributed by atoms with van der Waals surface area (Å²) in [4.78, 5) is 28.0. The Morgan fingerprint density at radius 3 is 2.46 bits per heavy atom. The van der Waals surface area contributed by atoms with Gasteiger partial charge in [-0.15, -0.1) is 0 Å². The van der Waals surface area contributed by atoms with Crippen molar-refractivity contribution in [3.8, 4) is 5.75 Å². The van der Waals surface area contributed by atoms with Crippen LogP contribution in [0.4, 0.5) is 4.39 Å². The summed E-state index contributed by atoms with van der Waals surface area (Å²) in [5.41, 5.74) is 1.11. The molecule has 144 valence electrons. The minimum Gasteiger partial charge on any atom is -0.505 e. The third-order valence-corrected chi connectivity index (χ3v) is 4.21. The number of aromatic carboxylic acids is 1. The molecular weight excluding hydrogens is 365 g/mol. The van der Waals surface area contributed by atoms with Crippen molar-refractivity contribution >= 4 is 22.8 Å². The molecule has 0 amide bonds. The molecule has 0 atom stereocenters. The summed E-state index contributed by atoms with van der Waals surface area (Å²) in [7, 11) is 0. The number of carbonyl (C=O) groups is 2. The van der Waals surface area contributed by atoms with E-state index >= 15 is 0 Å². The number of phenols is 1. The Morgan fingerprint density at radius 1 is 1.11 bits per heavy atom. The van der Waals surface area contributed by atoms with Crippen molar-refractivity contribution in [2.75, 3.05) is 6.61 Å². The van der Waals surface area contributed by atoms with Crippen molar-refractivity contribution < 1.29 is 28.9 Å². The topological polar surface area (TPSA) is 96.7 Å². The van der Waals surface area contributed by atoms with Gasteiger partial charge in [-0.1, -0.05) is 19.1 Å². The molecule has 0 fully saturated rings. The first-order valence-corrected chi connectivity index (χ1v) is 8.70. The molecule has 3 rings (SSSR count). The maximum absolute atomic E-state index is 13.1. The number of benzene rings is 2. The van der Waals surface area contributed by atoms with Crippen LogP contribution in [0.3, 0.4) is 0 Å². The molecule has 1 heterocycles. The number of carboxylic acid groups (broad SMARTS) is 1. The summed E-state index contributed by atoms with van der Waals surface area (Å²) < 4.78 is 18.1. The Labute approximate surface area is 160 Å². The highest BCUT2D eigenvalue weighted by Gasteiger charge is 2.22. The largest absolute Gasteiger partial charge is 0.505 e. The van der Waals surface area contributed by atoms with Crippen molar-refractivity contribution in [2.45, 2.75) is 19.8 Å². The molecular formula is C21H18FNO5. The number of fused-ring (bicyclic) bond motifs is 1. The predicted octanol–water partition coefficient (Wildman–Crippen LogP) is 3.94. The quantitative estimate of drug-likeness (QED) is 0.626. The summed E-state index contributed by atoms with van der Waals surface area (Å²) in [5, 5.41) is 20.2. The molecule has 7 heteroatoms. The normalized spacial score (nSPS) is 10.8. The smallest absolute Gasteiger partial charge is 0.342 e. The van der Waals surface area contributed by atoms with E-state index in [1.807, 2.05) is 6.92 Å². The van der Waals surface area contributed by atoms with Crippen molar-refractivity contribution in [3.05, 3.63) is 70.7 Å². The number of ether oxygens (including phenoxy) is 1. The van der Waals surface area contributed by atoms with E-state index in [0.717, 1.165) is 11.6 Å². The van der Waals surface area contributed by atoms with Crippen LogP contribution in [0.15, 0.2) is 42.6 Å². The molecule has 0 saturated carbocycles. The third-order valence-electron chi connectivity index (χ3n) is 4.21. The van der Waals surface area contributed by atoms with Crippen LogP contribution in [0.1, 0.15) is 45.2 Å². The Kier molecular flexibility index (Phi) is 5.54. The molecule has 0 aliphatic heterocycles. The first-order chi connectivity index (χ1) is 13.4. The minimum atomic E-state index is -1.25. The number of rotatable bonds is 6. The summed E-state index contributed by atoms with van der Waals surface area (Å²) in [5.74, 6) is -2.83. The predicted molar refractivity (Wildman–Crippen MR) is 100 cm³/mol. The number of nitrogens with zero attached hydrogens (tertiary/aromatic N) is 1. The Balaban J connectivity index is 2.07. The number of carbonyl (C=O) groups excluding carboxylic acids is 1. The van der Waals surface area contributed by atoms with E-state index in [1.54, 1.807) is 18.2 Å². The molecule has 0 bridgehead atoms. The second kappa shape index (κ2) is 8.04. The summed E-state index contributed by atoms with van der Waals surface area (Å²) >= 11 is 0. The van der Waals surface area contributed by atoms with Crippen LogP contribution in [0, 0.1) is 5.82 Å². The number of pyridine rings is 1. The van der Waals surface area contributed by atoms with Gasteiger partial charge < -0.3 is 14.9 Å². The van der Waals surface area contributed by atoms with E-state index in [4.69, 9.17) is 4.74 Å². The maximum Gasteiger partial charge on any atom is 0.342 e. The van der Waals surface area contributed by atoms with Gasteiger partial charge in [0.05, 0.1) is 12.2 Å². The van der Waals surface area contributed by atoms with Gasteiger partial charge in [-0.25, -0.2) is 14.0 Å². The third kappa shape index (κ3) is 3.93. The van der Waals surface area contributed by atoms with Gasteiger partial charge in [0.1, 0.15) is 16.9 Å². The first-order valence-electron chi connectivity index (χ1n) is 8.70. The lowest BCUT2D eigenvalue weighted by atomic mass is 9.99. The highest BCUT2D eigenvalue weighted by atomic mass is 19.1. The number of aromatic nitrogens is 1. The lowest BCUT2D eigenvalue weighted by Crippen LogP contribution is -2.09. The number of hydrogen-bond donors (Lipinski definition) is 2. The van der Waals surface area contributed by atoms with Gasteiger partial charge in [0.25, 0.3) is 0 Å². The molecule has 28 heavy (non-hydrogen) atoms. The standard InChI is InChI=1S/C21H18FNO5/c1-2-7-28-21(27)17-10-16(20(25)26)15-9-13(11-23-18(15)19(17)24)8-12-3-5-14(22)6-4-12/h3-6,9-11,24H,2,7-8H2,1H3,(H,25,26). The van der Waals surface area contributed by atoms with Crippen molar-refractivity contribution in [3.63, 3.8) is 0 Å². The van der Waals surface area contributed by atoms with Gasteiger partial charge in [0.2, 0.25) is 0 Å². The minimum absolute atomic E-state index is 0.00574. The highest BCUT2D eigenvalue weighted by molar-refractivity contribution is 6.09. The van der Waals surface area contributed by atoms with Crippen LogP contribution >= 0.6 is 0 Å². The van der Waals surface area contributed by atoms with Crippen molar-refractivity contribution in [1.29, 1.82) is 0 Å². The number of hydrogen-bond acceptors (Lipinski definition) is 5. The second-order valence-corrected chi connectivity index (χ2v) is 6.30. The van der Waals surface area contributed by atoms with E-state index in [9.17, 15) is 24.2 Å². The van der Waals surface area contributed by atoms with Gasteiger partial charge >= 0.3 is 11.9 Å². The zero-order valence-electron chi connectivity index (χ0n) is 15.1. The summed E-state index contributed by atoms with van der Waals surface area (Å²) in [6.07, 6.45) is 2.48. The Bertz CT molecular complexity index is 1050. The Hall–Kier alpha value is -3.48. The van der Waals surface area contributed by atoms with Gasteiger partial charge in [0.15, 0.2) is 5.75 Å². The zero-order chi connectivity index (χ0) is 20.3. The van der Waals surface area contributed by atoms with E-state index in [1.165, 1.54) is 18.3 Å². The van der Waals surface area contributed by atoms with Crippen LogP contribution in [-0.2, 0) is 11.2 Å². The van der Waals surface area contributed by atoms with E-state index in [2.05, 4.69) is 4.98 Å². The molecule has 2 aromatic carbocycles. The molecule has 0 aliphatic carbocycles. The van der Waals surface area contributed by atoms with Crippen molar-refractivity contribution in [2.24, 2.45) is 0 Å². The molecule has 0 saturated heterocycles. The highest BCUT2D eigenvalue weighted by Crippen LogP contribution is 2.32. The average molecular weight is 383 g/mol. The monoisotopic (exact) mass is 383 g/mol. The zero-order valence-corrected chi connectivity index (χ0v) is 15.1. The molecule has 0 aliphatic rings. The summed E-state index contributed by atoms with van der Waals surface area (Å²) in [6, 6.07) is 8.63. The fourth-order valence-electron chi connectivity index (χ4n) is 2.86. The number of carboxylic acids is 1. The van der Waals surface area contributed by atoms with Crippen LogP contribution in [-0.4, -0.2) is 33.7 Å². The van der Waals surface area contributed by atoms with E-state index in [0.29, 0.717) is 18.4 Å². The van der Waals surface area contributed by atoms with Gasteiger partial charge in [-0.2, -0.15) is 0 Å². The van der Waals surface area contributed by atoms with E-state index in [-0.39, 0.29) is 34.5 Å². The molecule has 0 spiro atoms. The number of halogens is 1. The fourth-order valence-corrected chi connectivity index (χ4v) is 2.86. The number of aromatic hydroxyl groups is 1. The second-order valence-electron chi connectivity index (χ2n) is 6.30. The molecule has 3 aromatic rings.